The molecule has 2 heterocycles. The van der Waals surface area contributed by atoms with Crippen LogP contribution in [0.4, 0.5) is 5.69 Å². The molecular weight excluding hydrogens is 352 g/mol. The maximum absolute atomic E-state index is 13.0. The maximum atomic E-state index is 13.0. The predicted molar refractivity (Wildman–Crippen MR) is 113 cm³/mol. The molecule has 0 saturated carbocycles. The second-order valence-electron chi connectivity index (χ2n) is 6.50. The molecule has 0 radical (unpaired) electrons. The van der Waals surface area contributed by atoms with Gasteiger partial charge in [-0.2, -0.15) is 0 Å². The lowest BCUT2D eigenvalue weighted by Gasteiger charge is -2.12. The summed E-state index contributed by atoms with van der Waals surface area (Å²) in [7, 11) is 0. The monoisotopic (exact) mass is 372 g/mol. The van der Waals surface area contributed by atoms with E-state index >= 15 is 0 Å². The largest absolute Gasteiger partial charge is 0.397 e. The highest BCUT2D eigenvalue weighted by Gasteiger charge is 2.22. The van der Waals surface area contributed by atoms with Crippen LogP contribution in [0.5, 0.6) is 0 Å². The maximum Gasteiger partial charge on any atom is 0.205 e. The Morgan fingerprint density at radius 2 is 1.67 bits per heavy atom. The Bertz CT molecular complexity index is 1130. The molecule has 0 amide bonds. The Balaban J connectivity index is 1.95. The van der Waals surface area contributed by atoms with Gasteiger partial charge < -0.3 is 5.73 Å². The quantitative estimate of drug-likeness (QED) is 0.471. The molecule has 0 aliphatic heterocycles. The third-order valence-electron chi connectivity index (χ3n) is 4.90. The number of rotatable bonds is 4. The van der Waals surface area contributed by atoms with Crippen LogP contribution in [0.25, 0.3) is 21.5 Å². The molecule has 4 heteroatoms. The molecule has 0 fully saturated rings. The molecule has 2 N–H and O–H groups in total. The van der Waals surface area contributed by atoms with Gasteiger partial charge in [0, 0.05) is 16.5 Å². The third-order valence-corrected chi connectivity index (χ3v) is 5.99. The van der Waals surface area contributed by atoms with Crippen molar-refractivity contribution in [3.8, 4) is 11.3 Å². The van der Waals surface area contributed by atoms with Gasteiger partial charge in [0.05, 0.1) is 11.4 Å². The van der Waals surface area contributed by atoms with Gasteiger partial charge in [-0.05, 0) is 24.5 Å². The molecule has 4 aromatic rings. The summed E-state index contributed by atoms with van der Waals surface area (Å²) in [5.41, 5.74) is 12.0. The molecule has 27 heavy (non-hydrogen) atoms. The van der Waals surface area contributed by atoms with Crippen LogP contribution in [0.2, 0.25) is 0 Å². The number of hydrogen-bond acceptors (Lipinski definition) is 4. The first-order chi connectivity index (χ1) is 13.1. The first-order valence-corrected chi connectivity index (χ1v) is 9.80. The van der Waals surface area contributed by atoms with E-state index in [0.717, 1.165) is 33.5 Å². The van der Waals surface area contributed by atoms with Gasteiger partial charge in [-0.25, -0.2) is 4.98 Å². The molecule has 0 spiro atoms. The van der Waals surface area contributed by atoms with Crippen molar-refractivity contribution in [2.24, 2.45) is 0 Å². The highest BCUT2D eigenvalue weighted by molar-refractivity contribution is 7.21. The van der Waals surface area contributed by atoms with E-state index in [0.29, 0.717) is 16.1 Å². The summed E-state index contributed by atoms with van der Waals surface area (Å²) in [6.07, 6.45) is 0.857. The summed E-state index contributed by atoms with van der Waals surface area (Å²) in [5, 5.41) is 0.913. The van der Waals surface area contributed by atoms with Gasteiger partial charge in [0.25, 0.3) is 0 Å². The summed E-state index contributed by atoms with van der Waals surface area (Å²) in [4.78, 5) is 19.3. The molecule has 0 aliphatic carbocycles. The van der Waals surface area contributed by atoms with Gasteiger partial charge >= 0.3 is 0 Å². The highest BCUT2D eigenvalue weighted by Crippen LogP contribution is 2.40. The van der Waals surface area contributed by atoms with E-state index in [1.807, 2.05) is 48.5 Å². The van der Waals surface area contributed by atoms with Gasteiger partial charge in [-0.3, -0.25) is 4.79 Å². The van der Waals surface area contributed by atoms with Crippen LogP contribution < -0.4 is 5.73 Å². The molecule has 0 atom stereocenters. The summed E-state index contributed by atoms with van der Waals surface area (Å²) in [6.45, 7) is 4.20. The molecule has 4 rings (SSSR count). The number of benzene rings is 2. The van der Waals surface area contributed by atoms with Crippen molar-refractivity contribution in [1.29, 1.82) is 0 Å². The van der Waals surface area contributed by atoms with E-state index in [1.54, 1.807) is 0 Å². The molecule has 0 unspecified atom stereocenters. The fourth-order valence-electron chi connectivity index (χ4n) is 3.53. The van der Waals surface area contributed by atoms with Crippen LogP contribution in [-0.4, -0.2) is 10.8 Å². The minimum Gasteiger partial charge on any atom is -0.397 e. The zero-order valence-electron chi connectivity index (χ0n) is 15.3. The third kappa shape index (κ3) is 2.92. The van der Waals surface area contributed by atoms with E-state index in [4.69, 9.17) is 10.7 Å². The van der Waals surface area contributed by atoms with Crippen LogP contribution >= 0.6 is 11.3 Å². The number of aryl methyl sites for hydroxylation is 1. The summed E-state index contributed by atoms with van der Waals surface area (Å²) >= 11 is 1.38. The zero-order chi connectivity index (χ0) is 19.0. The predicted octanol–water partition coefficient (Wildman–Crippen LogP) is 5.65. The van der Waals surface area contributed by atoms with Crippen molar-refractivity contribution in [3.05, 3.63) is 82.2 Å². The SMILES string of the molecule is CCc1c(-c2ccccc2)nc2sc(C(=O)c3ccccc3)c(N)c2c1C. The highest BCUT2D eigenvalue weighted by atomic mass is 32.1. The van der Waals surface area contributed by atoms with Gasteiger partial charge in [0.1, 0.15) is 9.71 Å². The lowest BCUT2D eigenvalue weighted by atomic mass is 9.97. The number of aromatic nitrogens is 1. The van der Waals surface area contributed by atoms with Gasteiger partial charge in [0.2, 0.25) is 5.78 Å². The Morgan fingerprint density at radius 1 is 1.04 bits per heavy atom. The number of anilines is 1. The summed E-state index contributed by atoms with van der Waals surface area (Å²) in [5.74, 6) is -0.0465. The van der Waals surface area contributed by atoms with Gasteiger partial charge in [0.15, 0.2) is 0 Å². The Morgan fingerprint density at radius 3 is 2.30 bits per heavy atom. The fourth-order valence-corrected chi connectivity index (χ4v) is 4.64. The van der Waals surface area contributed by atoms with Crippen molar-refractivity contribution in [1.82, 2.24) is 4.98 Å². The van der Waals surface area contributed by atoms with Crippen LogP contribution in [-0.2, 0) is 6.42 Å². The smallest absolute Gasteiger partial charge is 0.205 e. The minimum atomic E-state index is -0.0465. The number of carbonyl (C=O) groups excluding carboxylic acids is 1. The number of fused-ring (bicyclic) bond motifs is 1. The van der Waals surface area contributed by atoms with Crippen molar-refractivity contribution < 1.29 is 4.79 Å². The van der Waals surface area contributed by atoms with E-state index in [-0.39, 0.29) is 5.78 Å². The lowest BCUT2D eigenvalue weighted by molar-refractivity contribution is 0.104. The molecular formula is C23H20N2OS. The number of hydrogen-bond donors (Lipinski definition) is 1. The minimum absolute atomic E-state index is 0.0465. The van der Waals surface area contributed by atoms with Crippen molar-refractivity contribution in [2.75, 3.05) is 5.73 Å². The molecule has 0 aliphatic rings. The van der Waals surface area contributed by atoms with Crippen LogP contribution in [0, 0.1) is 6.92 Å². The number of pyridine rings is 1. The molecule has 2 aromatic heterocycles. The van der Waals surface area contributed by atoms with Crippen molar-refractivity contribution in [3.63, 3.8) is 0 Å². The number of ketones is 1. The number of carbonyl (C=O) groups is 1. The van der Waals surface area contributed by atoms with Gasteiger partial charge in [-0.1, -0.05) is 67.6 Å². The summed E-state index contributed by atoms with van der Waals surface area (Å²) in [6, 6.07) is 19.4. The molecule has 134 valence electrons. The van der Waals surface area contributed by atoms with Crippen molar-refractivity contribution in [2.45, 2.75) is 20.3 Å². The number of nitrogens with zero attached hydrogens (tertiary/aromatic N) is 1. The zero-order valence-corrected chi connectivity index (χ0v) is 16.1. The topological polar surface area (TPSA) is 56.0 Å². The number of thiophene rings is 1. The standard InChI is InChI=1S/C23H20N2OS/c1-3-17-14(2)18-19(24)22(21(26)16-12-8-5-9-13-16)27-23(18)25-20(17)15-10-6-4-7-11-15/h4-13H,3,24H2,1-2H3. The Kier molecular flexibility index (Phi) is 4.50. The Hall–Kier alpha value is -2.98. The second-order valence-corrected chi connectivity index (χ2v) is 7.50. The first-order valence-electron chi connectivity index (χ1n) is 8.98. The summed E-state index contributed by atoms with van der Waals surface area (Å²) < 4.78 is 0. The van der Waals surface area contributed by atoms with Crippen LogP contribution in [0.1, 0.15) is 33.3 Å². The molecule has 0 saturated heterocycles. The lowest BCUT2D eigenvalue weighted by Crippen LogP contribution is -2.02. The van der Waals surface area contributed by atoms with E-state index in [1.165, 1.54) is 16.9 Å². The van der Waals surface area contributed by atoms with Gasteiger partial charge in [-0.15, -0.1) is 11.3 Å². The first kappa shape index (κ1) is 17.4. The number of nitrogens with two attached hydrogens (primary N) is 1. The second kappa shape index (κ2) is 6.97. The van der Waals surface area contributed by atoms with Crippen LogP contribution in [0.3, 0.4) is 0 Å². The molecule has 2 aromatic carbocycles. The number of nitrogen functional groups attached to an aromatic ring is 1. The average Bonchev–Trinajstić information content (AvgIpc) is 3.05. The average molecular weight is 372 g/mol. The van der Waals surface area contributed by atoms with Crippen molar-refractivity contribution >= 4 is 33.0 Å². The van der Waals surface area contributed by atoms with E-state index in [9.17, 15) is 4.79 Å². The normalized spacial score (nSPS) is 11.0. The molecule has 3 nitrogen and oxygen atoms in total. The molecule has 0 bridgehead atoms. The van der Waals surface area contributed by atoms with E-state index in [2.05, 4.69) is 26.0 Å². The fraction of sp³-hybridized carbons (Fsp3) is 0.130. The van der Waals surface area contributed by atoms with Crippen LogP contribution in [0.15, 0.2) is 60.7 Å². The van der Waals surface area contributed by atoms with E-state index < -0.39 is 0 Å². The Labute approximate surface area is 162 Å².